The molecule has 0 aliphatic rings. The lowest BCUT2D eigenvalue weighted by Crippen LogP contribution is -2.10. The summed E-state index contributed by atoms with van der Waals surface area (Å²) >= 11 is 0. The van der Waals surface area contributed by atoms with Crippen LogP contribution in [0.1, 0.15) is 0 Å². The number of aromatic nitrogens is 1. The highest BCUT2D eigenvalue weighted by Crippen LogP contribution is 2.41. The Morgan fingerprint density at radius 2 is 0.939 bits per heavy atom. The van der Waals surface area contributed by atoms with Gasteiger partial charge in [-0.2, -0.15) is 0 Å². The van der Waals surface area contributed by atoms with Gasteiger partial charge in [0, 0.05) is 49.7 Å². The van der Waals surface area contributed by atoms with E-state index >= 15 is 0 Å². The van der Waals surface area contributed by atoms with Crippen molar-refractivity contribution in [2.45, 2.75) is 0 Å². The zero-order valence-electron chi connectivity index (χ0n) is 26.6. The Kier molecular flexibility index (Phi) is 6.18. The van der Waals surface area contributed by atoms with Crippen molar-refractivity contribution in [3.63, 3.8) is 0 Å². The first-order valence-electron chi connectivity index (χ1n) is 16.7. The van der Waals surface area contributed by atoms with Gasteiger partial charge in [-0.25, -0.2) is 0 Å². The molecule has 49 heavy (non-hydrogen) atoms. The Morgan fingerprint density at radius 1 is 0.388 bits per heavy atom. The predicted octanol–water partition coefficient (Wildman–Crippen LogP) is 13.0. The van der Waals surface area contributed by atoms with E-state index in [9.17, 15) is 0 Å². The van der Waals surface area contributed by atoms with E-state index in [1.165, 1.54) is 32.9 Å². The molecular formula is C46H30N2O. The third-order valence-corrected chi connectivity index (χ3v) is 9.78. The molecule has 3 nitrogen and oxygen atoms in total. The van der Waals surface area contributed by atoms with Crippen LogP contribution in [0.25, 0.3) is 71.3 Å². The number of furan rings is 1. The minimum atomic E-state index is 0.907. The maximum Gasteiger partial charge on any atom is 0.143 e. The van der Waals surface area contributed by atoms with E-state index in [1.54, 1.807) is 0 Å². The number of para-hydroxylation sites is 3. The molecule has 0 saturated heterocycles. The smallest absolute Gasteiger partial charge is 0.143 e. The average molecular weight is 627 g/mol. The molecule has 3 heteroatoms. The molecule has 0 spiro atoms. The molecule has 230 valence electrons. The molecule has 0 radical (unpaired) electrons. The summed E-state index contributed by atoms with van der Waals surface area (Å²) in [4.78, 5) is 2.34. The lowest BCUT2D eigenvalue weighted by molar-refractivity contribution is 0.672. The number of hydrogen-bond acceptors (Lipinski definition) is 2. The van der Waals surface area contributed by atoms with Gasteiger partial charge in [0.1, 0.15) is 11.2 Å². The Balaban J connectivity index is 1.14. The summed E-state index contributed by atoms with van der Waals surface area (Å²) in [5.74, 6) is 0. The summed E-state index contributed by atoms with van der Waals surface area (Å²) in [5.41, 5.74) is 11.0. The zero-order chi connectivity index (χ0) is 32.3. The third-order valence-electron chi connectivity index (χ3n) is 9.78. The number of rotatable bonds is 5. The molecule has 0 unspecified atom stereocenters. The number of anilines is 3. The minimum Gasteiger partial charge on any atom is -0.455 e. The van der Waals surface area contributed by atoms with Crippen LogP contribution < -0.4 is 4.90 Å². The average Bonchev–Trinajstić information content (AvgIpc) is 3.72. The van der Waals surface area contributed by atoms with E-state index < -0.39 is 0 Å². The minimum absolute atomic E-state index is 0.907. The lowest BCUT2D eigenvalue weighted by Gasteiger charge is -2.26. The van der Waals surface area contributed by atoms with Crippen molar-refractivity contribution >= 4 is 71.6 Å². The van der Waals surface area contributed by atoms with Crippen LogP contribution in [0.2, 0.25) is 0 Å². The molecule has 2 aromatic heterocycles. The highest BCUT2D eigenvalue weighted by molar-refractivity contribution is 6.15. The van der Waals surface area contributed by atoms with E-state index in [1.807, 2.05) is 12.1 Å². The van der Waals surface area contributed by atoms with Crippen LogP contribution in [-0.4, -0.2) is 4.57 Å². The van der Waals surface area contributed by atoms with E-state index in [0.29, 0.717) is 0 Å². The first-order chi connectivity index (χ1) is 24.3. The SMILES string of the molecule is c1ccc(-c2ccc(N(c3ccc(-n4c5ccccc5c5ccccc54)cc3)c3ccc4ccc5c6ccccc6oc5c4c3)cc2)cc1. The van der Waals surface area contributed by atoms with Crippen molar-refractivity contribution in [3.05, 3.63) is 182 Å². The van der Waals surface area contributed by atoms with Gasteiger partial charge in [-0.05, 0) is 89.3 Å². The van der Waals surface area contributed by atoms with E-state index in [-0.39, 0.29) is 0 Å². The van der Waals surface area contributed by atoms with Gasteiger partial charge in [-0.1, -0.05) is 109 Å². The number of hydrogen-bond donors (Lipinski definition) is 0. The second-order valence-corrected chi connectivity index (χ2v) is 12.6. The van der Waals surface area contributed by atoms with Crippen molar-refractivity contribution in [3.8, 4) is 16.8 Å². The monoisotopic (exact) mass is 626 g/mol. The zero-order valence-corrected chi connectivity index (χ0v) is 26.6. The van der Waals surface area contributed by atoms with Gasteiger partial charge in [0.05, 0.1) is 11.0 Å². The highest BCUT2D eigenvalue weighted by Gasteiger charge is 2.17. The van der Waals surface area contributed by atoms with Crippen LogP contribution in [0, 0.1) is 0 Å². The Labute approximate surface area is 283 Å². The molecule has 0 atom stereocenters. The van der Waals surface area contributed by atoms with Gasteiger partial charge in [-0.15, -0.1) is 0 Å². The van der Waals surface area contributed by atoms with Crippen molar-refractivity contribution in [2.75, 3.05) is 4.90 Å². The molecule has 0 aliphatic heterocycles. The van der Waals surface area contributed by atoms with Crippen LogP contribution in [0.4, 0.5) is 17.1 Å². The largest absolute Gasteiger partial charge is 0.455 e. The molecule has 0 aliphatic carbocycles. The summed E-state index contributed by atoms with van der Waals surface area (Å²) in [6, 6.07) is 65.0. The number of nitrogens with zero attached hydrogens (tertiary/aromatic N) is 2. The van der Waals surface area contributed by atoms with Crippen molar-refractivity contribution in [2.24, 2.45) is 0 Å². The van der Waals surface area contributed by atoms with Crippen molar-refractivity contribution in [1.29, 1.82) is 0 Å². The molecule has 10 aromatic rings. The van der Waals surface area contributed by atoms with Gasteiger partial charge in [-0.3, -0.25) is 0 Å². The predicted molar refractivity (Wildman–Crippen MR) is 206 cm³/mol. The molecule has 0 saturated carbocycles. The van der Waals surface area contributed by atoms with Gasteiger partial charge in [0.25, 0.3) is 0 Å². The molecular weight excluding hydrogens is 597 g/mol. The maximum atomic E-state index is 6.48. The first-order valence-corrected chi connectivity index (χ1v) is 16.7. The number of benzene rings is 8. The fourth-order valence-corrected chi connectivity index (χ4v) is 7.46. The summed E-state index contributed by atoms with van der Waals surface area (Å²) in [5, 5.41) is 7.04. The fraction of sp³-hybridized carbons (Fsp3) is 0. The highest BCUT2D eigenvalue weighted by atomic mass is 16.3. The van der Waals surface area contributed by atoms with Gasteiger partial charge in [0.15, 0.2) is 0 Å². The van der Waals surface area contributed by atoms with Gasteiger partial charge in [0.2, 0.25) is 0 Å². The Bertz CT molecular complexity index is 2750. The molecule has 10 rings (SSSR count). The quantitative estimate of drug-likeness (QED) is 0.190. The van der Waals surface area contributed by atoms with Crippen LogP contribution in [0.15, 0.2) is 186 Å². The molecule has 2 heterocycles. The molecule has 0 N–H and O–H groups in total. The van der Waals surface area contributed by atoms with Crippen LogP contribution in [-0.2, 0) is 0 Å². The standard InChI is InChI=1S/C46H30N2O/c1-2-10-31(11-3-1)32-18-22-34(23-19-32)47(37-24-20-33-21-29-41-40-14-6-9-17-45(40)49-46(41)42(33)30-37)35-25-27-36(28-26-35)48-43-15-7-4-12-38(43)39-13-5-8-16-44(39)48/h1-30H. The van der Waals surface area contributed by atoms with Crippen LogP contribution >= 0.6 is 0 Å². The number of fused-ring (bicyclic) bond motifs is 8. The summed E-state index contributed by atoms with van der Waals surface area (Å²) in [6.07, 6.45) is 0. The van der Waals surface area contributed by atoms with Crippen LogP contribution in [0.3, 0.4) is 0 Å². The fourth-order valence-electron chi connectivity index (χ4n) is 7.46. The molecule has 0 fully saturated rings. The Hall–Kier alpha value is -6.58. The normalized spacial score (nSPS) is 11.7. The summed E-state index contributed by atoms with van der Waals surface area (Å²) in [6.45, 7) is 0. The second-order valence-electron chi connectivity index (χ2n) is 12.6. The van der Waals surface area contributed by atoms with E-state index in [4.69, 9.17) is 4.42 Å². The third kappa shape index (κ3) is 4.44. The molecule has 0 amide bonds. The lowest BCUT2D eigenvalue weighted by atomic mass is 10.0. The van der Waals surface area contributed by atoms with Gasteiger partial charge < -0.3 is 13.9 Å². The van der Waals surface area contributed by atoms with Crippen molar-refractivity contribution in [1.82, 2.24) is 4.57 Å². The first kappa shape index (κ1) is 27.5. The topological polar surface area (TPSA) is 21.3 Å². The maximum absolute atomic E-state index is 6.48. The summed E-state index contributed by atoms with van der Waals surface area (Å²) < 4.78 is 8.85. The second kappa shape index (κ2) is 11.0. The van der Waals surface area contributed by atoms with E-state index in [2.05, 4.69) is 179 Å². The molecule has 0 bridgehead atoms. The van der Waals surface area contributed by atoms with Crippen molar-refractivity contribution < 1.29 is 4.42 Å². The van der Waals surface area contributed by atoms with Crippen LogP contribution in [0.5, 0.6) is 0 Å². The molecule has 8 aromatic carbocycles. The Morgan fingerprint density at radius 3 is 1.65 bits per heavy atom. The van der Waals surface area contributed by atoms with Gasteiger partial charge >= 0.3 is 0 Å². The summed E-state index contributed by atoms with van der Waals surface area (Å²) in [7, 11) is 0. The van der Waals surface area contributed by atoms with E-state index in [0.717, 1.165) is 55.5 Å².